The van der Waals surface area contributed by atoms with Crippen molar-refractivity contribution in [2.24, 2.45) is 0 Å². The zero-order valence-electron chi connectivity index (χ0n) is 11.6. The van der Waals surface area contributed by atoms with Crippen LogP contribution in [0.25, 0.3) is 0 Å². The molecule has 1 aromatic rings. The molecule has 2 nitrogen and oxygen atoms in total. The van der Waals surface area contributed by atoms with Crippen LogP contribution in [0.2, 0.25) is 0 Å². The third kappa shape index (κ3) is 5.40. The van der Waals surface area contributed by atoms with Gasteiger partial charge in [0.15, 0.2) is 0 Å². The molecule has 0 aliphatic rings. The molecule has 0 fully saturated rings. The number of rotatable bonds is 8. The van der Waals surface area contributed by atoms with E-state index in [1.165, 1.54) is 5.56 Å². The number of nitrogens with one attached hydrogen (secondary N) is 1. The van der Waals surface area contributed by atoms with E-state index in [4.69, 9.17) is 4.74 Å². The summed E-state index contributed by atoms with van der Waals surface area (Å²) in [5.74, 6) is 0.965. The van der Waals surface area contributed by atoms with Crippen LogP contribution < -0.4 is 10.1 Å². The molecule has 0 heterocycles. The lowest BCUT2D eigenvalue weighted by molar-refractivity contribution is 0.186. The predicted octanol–water partition coefficient (Wildman–Crippen LogP) is 4.30. The van der Waals surface area contributed by atoms with Gasteiger partial charge in [-0.3, -0.25) is 0 Å². The molecule has 0 aliphatic heterocycles. The summed E-state index contributed by atoms with van der Waals surface area (Å²) >= 11 is 3.51. The Morgan fingerprint density at radius 2 is 2.06 bits per heavy atom. The zero-order valence-corrected chi connectivity index (χ0v) is 13.2. The molecular weight excluding hydrogens is 290 g/mol. The number of ether oxygens (including phenoxy) is 1. The third-order valence-electron chi connectivity index (χ3n) is 2.84. The van der Waals surface area contributed by atoms with Gasteiger partial charge in [0.25, 0.3) is 0 Å². The Morgan fingerprint density at radius 3 is 2.67 bits per heavy atom. The second-order valence-corrected chi connectivity index (χ2v) is 5.50. The summed E-state index contributed by atoms with van der Waals surface area (Å²) in [6.45, 7) is 8.45. The SMILES string of the molecule is CCCNCC(CCC)Oc1ccc(Br)c(C)c1. The maximum Gasteiger partial charge on any atom is 0.120 e. The minimum atomic E-state index is 0.266. The van der Waals surface area contributed by atoms with E-state index in [1.807, 2.05) is 12.1 Å². The summed E-state index contributed by atoms with van der Waals surface area (Å²) in [6.07, 6.45) is 3.66. The van der Waals surface area contributed by atoms with Gasteiger partial charge in [-0.25, -0.2) is 0 Å². The fraction of sp³-hybridized carbons (Fsp3) is 0.600. The first-order chi connectivity index (χ1) is 8.67. The zero-order chi connectivity index (χ0) is 13.4. The summed E-state index contributed by atoms with van der Waals surface area (Å²) in [6, 6.07) is 6.17. The van der Waals surface area contributed by atoms with Crippen molar-refractivity contribution >= 4 is 15.9 Å². The van der Waals surface area contributed by atoms with Crippen molar-refractivity contribution in [2.75, 3.05) is 13.1 Å². The third-order valence-corrected chi connectivity index (χ3v) is 3.73. The maximum atomic E-state index is 6.05. The molecule has 1 aromatic carbocycles. The number of hydrogen-bond acceptors (Lipinski definition) is 2. The average molecular weight is 314 g/mol. The van der Waals surface area contributed by atoms with Crippen LogP contribution in [0.5, 0.6) is 5.75 Å². The van der Waals surface area contributed by atoms with E-state index in [2.05, 4.69) is 48.1 Å². The molecule has 1 rings (SSSR count). The van der Waals surface area contributed by atoms with Crippen LogP contribution in [-0.4, -0.2) is 19.2 Å². The Balaban J connectivity index is 2.55. The number of hydrogen-bond donors (Lipinski definition) is 1. The molecule has 0 radical (unpaired) electrons. The molecule has 0 spiro atoms. The van der Waals surface area contributed by atoms with Crippen LogP contribution in [0.3, 0.4) is 0 Å². The van der Waals surface area contributed by atoms with Gasteiger partial charge in [-0.2, -0.15) is 0 Å². The van der Waals surface area contributed by atoms with Crippen molar-refractivity contribution in [1.29, 1.82) is 0 Å². The molecule has 18 heavy (non-hydrogen) atoms. The van der Waals surface area contributed by atoms with Crippen LogP contribution in [0.4, 0.5) is 0 Å². The Bertz CT molecular complexity index is 354. The van der Waals surface area contributed by atoms with Crippen molar-refractivity contribution < 1.29 is 4.74 Å². The topological polar surface area (TPSA) is 21.3 Å². The lowest BCUT2D eigenvalue weighted by Crippen LogP contribution is -2.31. The van der Waals surface area contributed by atoms with Crippen LogP contribution in [0.1, 0.15) is 38.7 Å². The highest BCUT2D eigenvalue weighted by Gasteiger charge is 2.09. The summed E-state index contributed by atoms with van der Waals surface area (Å²) in [4.78, 5) is 0. The van der Waals surface area contributed by atoms with E-state index in [-0.39, 0.29) is 6.10 Å². The van der Waals surface area contributed by atoms with Gasteiger partial charge in [-0.15, -0.1) is 0 Å². The molecule has 1 atom stereocenters. The quantitative estimate of drug-likeness (QED) is 0.722. The highest BCUT2D eigenvalue weighted by molar-refractivity contribution is 9.10. The average Bonchev–Trinajstić information content (AvgIpc) is 2.34. The highest BCUT2D eigenvalue weighted by atomic mass is 79.9. The Morgan fingerprint density at radius 1 is 1.28 bits per heavy atom. The van der Waals surface area contributed by atoms with Crippen LogP contribution in [0.15, 0.2) is 22.7 Å². The van der Waals surface area contributed by atoms with Crippen molar-refractivity contribution in [3.05, 3.63) is 28.2 Å². The molecule has 1 unspecified atom stereocenters. The van der Waals surface area contributed by atoms with Gasteiger partial charge >= 0.3 is 0 Å². The fourth-order valence-electron chi connectivity index (χ4n) is 1.85. The Kier molecular flexibility index (Phi) is 7.36. The van der Waals surface area contributed by atoms with Gasteiger partial charge in [-0.05, 0) is 50.1 Å². The molecule has 0 saturated carbocycles. The minimum absolute atomic E-state index is 0.266. The highest BCUT2D eigenvalue weighted by Crippen LogP contribution is 2.22. The molecule has 1 N–H and O–H groups in total. The minimum Gasteiger partial charge on any atom is -0.489 e. The summed E-state index contributed by atoms with van der Waals surface area (Å²) in [5, 5.41) is 3.43. The molecule has 102 valence electrons. The smallest absolute Gasteiger partial charge is 0.120 e. The molecule has 0 bridgehead atoms. The fourth-order valence-corrected chi connectivity index (χ4v) is 2.09. The molecule has 0 amide bonds. The lowest BCUT2D eigenvalue weighted by Gasteiger charge is -2.19. The largest absolute Gasteiger partial charge is 0.489 e. The van der Waals surface area contributed by atoms with Gasteiger partial charge in [0, 0.05) is 11.0 Å². The van der Waals surface area contributed by atoms with E-state index in [0.29, 0.717) is 0 Å². The maximum absolute atomic E-state index is 6.05. The molecule has 0 aliphatic carbocycles. The summed E-state index contributed by atoms with van der Waals surface area (Å²) in [7, 11) is 0. The van der Waals surface area contributed by atoms with Gasteiger partial charge in [-0.1, -0.05) is 36.2 Å². The Labute approximate surface area is 119 Å². The van der Waals surface area contributed by atoms with Crippen LogP contribution in [-0.2, 0) is 0 Å². The van der Waals surface area contributed by atoms with Crippen LogP contribution >= 0.6 is 15.9 Å². The van der Waals surface area contributed by atoms with Crippen molar-refractivity contribution in [2.45, 2.75) is 46.1 Å². The number of aryl methyl sites for hydroxylation is 1. The first-order valence-corrected chi connectivity index (χ1v) is 7.60. The Hall–Kier alpha value is -0.540. The van der Waals surface area contributed by atoms with E-state index in [9.17, 15) is 0 Å². The summed E-state index contributed by atoms with van der Waals surface area (Å²) in [5.41, 5.74) is 1.21. The molecule has 3 heteroatoms. The predicted molar refractivity (Wildman–Crippen MR) is 81.4 cm³/mol. The van der Waals surface area contributed by atoms with Gasteiger partial charge in [0.1, 0.15) is 11.9 Å². The van der Waals surface area contributed by atoms with Gasteiger partial charge < -0.3 is 10.1 Å². The summed E-state index contributed by atoms with van der Waals surface area (Å²) < 4.78 is 7.18. The molecule has 0 aromatic heterocycles. The normalized spacial score (nSPS) is 12.4. The van der Waals surface area contributed by atoms with Crippen molar-refractivity contribution in [1.82, 2.24) is 5.32 Å². The number of halogens is 1. The van der Waals surface area contributed by atoms with Gasteiger partial charge in [0.2, 0.25) is 0 Å². The standard InChI is InChI=1S/C15H24BrNO/c1-4-6-14(11-17-9-5-2)18-13-7-8-15(16)12(3)10-13/h7-8,10,14,17H,4-6,9,11H2,1-3H3. The van der Waals surface area contributed by atoms with Gasteiger partial charge in [0.05, 0.1) is 0 Å². The number of benzene rings is 1. The molecule has 0 saturated heterocycles. The van der Waals surface area contributed by atoms with E-state index < -0.39 is 0 Å². The van der Waals surface area contributed by atoms with E-state index in [1.54, 1.807) is 0 Å². The van der Waals surface area contributed by atoms with E-state index >= 15 is 0 Å². The van der Waals surface area contributed by atoms with E-state index in [0.717, 1.165) is 42.6 Å². The second-order valence-electron chi connectivity index (χ2n) is 4.64. The van der Waals surface area contributed by atoms with Crippen molar-refractivity contribution in [3.63, 3.8) is 0 Å². The first kappa shape index (κ1) is 15.5. The molecular formula is C15H24BrNO. The lowest BCUT2D eigenvalue weighted by atomic mass is 10.2. The monoisotopic (exact) mass is 313 g/mol. The first-order valence-electron chi connectivity index (χ1n) is 6.80. The van der Waals surface area contributed by atoms with Crippen LogP contribution in [0, 0.1) is 6.92 Å². The van der Waals surface area contributed by atoms with Crippen molar-refractivity contribution in [3.8, 4) is 5.75 Å². The second kappa shape index (κ2) is 8.54.